The van der Waals surface area contributed by atoms with E-state index in [-0.39, 0.29) is 171 Å². The number of carbonyl (C=O) groups is 5. The minimum atomic E-state index is -1.80. The van der Waals surface area contributed by atoms with Crippen LogP contribution in [0.3, 0.4) is 0 Å². The van der Waals surface area contributed by atoms with Gasteiger partial charge in [0.05, 0.1) is 29.4 Å². The molecule has 0 saturated carbocycles. The van der Waals surface area contributed by atoms with Crippen molar-refractivity contribution in [1.29, 1.82) is 0 Å². The molecule has 56 heavy (non-hydrogen) atoms. The summed E-state index contributed by atoms with van der Waals surface area (Å²) in [6.07, 6.45) is 0. The van der Waals surface area contributed by atoms with Crippen LogP contribution in [0, 0.1) is 13.8 Å². The molecule has 0 unspecified atom stereocenters. The number of cyclic esters (lactones) is 1. The van der Waals surface area contributed by atoms with Crippen molar-refractivity contribution in [2.75, 3.05) is 26.2 Å². The zero-order valence-electron chi connectivity index (χ0n) is 33.7. The average molecular weight is 809 g/mol. The fourth-order valence-electron chi connectivity index (χ4n) is 6.97. The number of hydrogen-bond donors (Lipinski definition) is 2. The first kappa shape index (κ1) is 54.5. The van der Waals surface area contributed by atoms with Crippen LogP contribution in [0.5, 0.6) is 11.5 Å². The molecule has 3 aromatic carbocycles. The molecule has 3 aromatic rings. The number of ether oxygens (including phenoxy) is 1. The number of esters is 1. The van der Waals surface area contributed by atoms with E-state index in [4.69, 9.17) is 4.74 Å². The molecule has 0 amide bonds. The fourth-order valence-corrected chi connectivity index (χ4v) is 6.97. The van der Waals surface area contributed by atoms with Gasteiger partial charge in [-0.2, -0.15) is 0 Å². The van der Waals surface area contributed by atoms with Crippen molar-refractivity contribution in [2.24, 2.45) is 0 Å². The molecule has 0 aromatic heterocycles. The van der Waals surface area contributed by atoms with Crippen molar-refractivity contribution in [3.05, 3.63) is 92.0 Å². The fraction of sp³-hybridized carbons (Fsp3) is 0.395. The number of phenolic OH excluding ortho intramolecular Hbond substituents is 2. The second kappa shape index (κ2) is 22.8. The first-order valence-electron chi connectivity index (χ1n) is 16.6. The summed E-state index contributed by atoms with van der Waals surface area (Å²) in [5.74, 6) is -8.12. The van der Waals surface area contributed by atoms with Crippen molar-refractivity contribution in [2.45, 2.75) is 72.1 Å². The largest absolute Gasteiger partial charge is 1.00 e. The van der Waals surface area contributed by atoms with Gasteiger partial charge in [0.25, 0.3) is 0 Å². The van der Waals surface area contributed by atoms with Gasteiger partial charge in [0.15, 0.2) is 5.60 Å². The van der Waals surface area contributed by atoms with Gasteiger partial charge >= 0.3 is 124 Å². The quantitative estimate of drug-likeness (QED) is 0.101. The monoisotopic (exact) mass is 808 g/mol. The zero-order chi connectivity index (χ0) is 38.8. The molecular formula is C38H40N2Na4O12. The Kier molecular flexibility index (Phi) is 22.2. The number of carboxylic acid groups (broad SMARTS) is 4. The molecule has 0 aliphatic carbocycles. The Bertz CT molecular complexity index is 1820. The van der Waals surface area contributed by atoms with Crippen molar-refractivity contribution in [3.63, 3.8) is 0 Å². The number of hydrogen-bond acceptors (Lipinski definition) is 14. The smallest absolute Gasteiger partial charge is 0.549 e. The maximum Gasteiger partial charge on any atom is 1.00 e. The van der Waals surface area contributed by atoms with E-state index in [9.17, 15) is 54.6 Å². The summed E-state index contributed by atoms with van der Waals surface area (Å²) in [5.41, 5.74) is 1.13. The maximum atomic E-state index is 13.8. The van der Waals surface area contributed by atoms with Crippen LogP contribution >= 0.6 is 0 Å². The number of benzene rings is 3. The Morgan fingerprint density at radius 1 is 0.643 bits per heavy atom. The standard InChI is InChI=1S/C38H44N2O12.4Na/c1-19(2)24-11-29(21(5)26(35(24)49)13-39(15-31(41)42)16-32(43)44)38(28-10-8-7-9-23(28)37(51)52-38)30-12-25(20(3)4)36(50)27(22(30)6)14-40(17-33(45)46)18-34(47)48;;;;/h7-12,19-20,49-50H,13-18H2,1-6H3,(H,41,42)(H,43,44)(H,45,46)(H,47,48);;;;/q;4*+1/p-4. The minimum absolute atomic E-state index is 0. The molecule has 1 aliphatic rings. The topological polar surface area (TPSA) is 234 Å². The zero-order valence-corrected chi connectivity index (χ0v) is 41.7. The summed E-state index contributed by atoms with van der Waals surface area (Å²) < 4.78 is 6.43. The molecule has 18 heteroatoms. The second-order valence-electron chi connectivity index (χ2n) is 13.6. The van der Waals surface area contributed by atoms with E-state index in [0.717, 1.165) is 9.80 Å². The van der Waals surface area contributed by atoms with Gasteiger partial charge in [-0.3, -0.25) is 9.80 Å². The molecule has 1 heterocycles. The van der Waals surface area contributed by atoms with Crippen LogP contribution < -0.4 is 139 Å². The van der Waals surface area contributed by atoms with Gasteiger partial charge in [-0.1, -0.05) is 45.9 Å². The van der Waals surface area contributed by atoms with Gasteiger partial charge in [0.1, 0.15) is 11.5 Å². The van der Waals surface area contributed by atoms with Gasteiger partial charge in [-0.25, -0.2) is 4.79 Å². The third kappa shape index (κ3) is 11.8. The second-order valence-corrected chi connectivity index (χ2v) is 13.6. The Labute approximate surface area is 414 Å². The summed E-state index contributed by atoms with van der Waals surface area (Å²) in [6.45, 7) is 6.44. The van der Waals surface area contributed by atoms with Crippen LogP contribution in [0.4, 0.5) is 0 Å². The van der Waals surface area contributed by atoms with Crippen molar-refractivity contribution in [1.82, 2.24) is 9.80 Å². The molecule has 278 valence electrons. The first-order valence-corrected chi connectivity index (χ1v) is 16.6. The summed E-state index contributed by atoms with van der Waals surface area (Å²) in [6, 6.07) is 9.92. The first-order chi connectivity index (χ1) is 24.3. The van der Waals surface area contributed by atoms with E-state index in [2.05, 4.69) is 0 Å². The number of carbonyl (C=O) groups excluding carboxylic acids is 5. The number of phenols is 2. The van der Waals surface area contributed by atoms with Crippen molar-refractivity contribution in [3.8, 4) is 11.5 Å². The average Bonchev–Trinajstić information content (AvgIpc) is 3.32. The van der Waals surface area contributed by atoms with E-state index in [1.165, 1.54) is 0 Å². The summed E-state index contributed by atoms with van der Waals surface area (Å²) >= 11 is 0. The number of carboxylic acids is 4. The molecule has 0 saturated heterocycles. The molecule has 0 spiro atoms. The van der Waals surface area contributed by atoms with Crippen molar-refractivity contribution < 1.29 is 178 Å². The molecule has 0 bridgehead atoms. The van der Waals surface area contributed by atoms with E-state index in [0.29, 0.717) is 38.9 Å². The molecule has 0 fully saturated rings. The normalized spacial score (nSPS) is 12.6. The third-order valence-electron chi connectivity index (χ3n) is 9.38. The SMILES string of the molecule is Cc1c(C2(c3cc(C(C)C)c(O)c(CN(CC(=O)[O-])CC(=O)[O-])c3C)OC(=O)c3ccccc32)cc(C(C)C)c(O)c1CN(CC(=O)[O-])CC(=O)[O-].[Na+].[Na+].[Na+].[Na+]. The van der Waals surface area contributed by atoms with Crippen LogP contribution in [0.1, 0.15) is 100.0 Å². The molecule has 14 nitrogen and oxygen atoms in total. The minimum Gasteiger partial charge on any atom is -0.549 e. The predicted octanol–water partition coefficient (Wildman–Crippen LogP) is -13.0. The summed E-state index contributed by atoms with van der Waals surface area (Å²) in [4.78, 5) is 62.3. The van der Waals surface area contributed by atoms with Crippen LogP contribution in [-0.2, 0) is 42.6 Å². The van der Waals surface area contributed by atoms with Gasteiger partial charge in [0.2, 0.25) is 0 Å². The van der Waals surface area contributed by atoms with Gasteiger partial charge in [-0.15, -0.1) is 0 Å². The van der Waals surface area contributed by atoms with Crippen LogP contribution in [-0.4, -0.2) is 76.0 Å². The molecule has 1 aliphatic heterocycles. The van der Waals surface area contributed by atoms with E-state index in [1.54, 1.807) is 77.9 Å². The number of aromatic hydroxyl groups is 2. The van der Waals surface area contributed by atoms with E-state index >= 15 is 0 Å². The van der Waals surface area contributed by atoms with Gasteiger partial charge in [-0.05, 0) is 66.1 Å². The summed E-state index contributed by atoms with van der Waals surface area (Å²) in [5, 5.41) is 69.7. The number of aliphatic carboxylic acids is 4. The molecule has 0 atom stereocenters. The molecule has 4 rings (SSSR count). The van der Waals surface area contributed by atoms with Crippen LogP contribution in [0.2, 0.25) is 0 Å². The van der Waals surface area contributed by atoms with Crippen LogP contribution in [0.25, 0.3) is 0 Å². The van der Waals surface area contributed by atoms with Crippen LogP contribution in [0.15, 0.2) is 36.4 Å². The molecular weight excluding hydrogens is 768 g/mol. The predicted molar refractivity (Wildman–Crippen MR) is 176 cm³/mol. The number of rotatable bonds is 16. The molecule has 0 radical (unpaired) electrons. The Morgan fingerprint density at radius 2 is 0.982 bits per heavy atom. The number of fused-ring (bicyclic) bond motifs is 1. The van der Waals surface area contributed by atoms with Gasteiger partial charge in [0, 0.05) is 67.1 Å². The number of nitrogens with zero attached hydrogens (tertiary/aromatic N) is 2. The Hall–Kier alpha value is -1.47. The maximum absolute atomic E-state index is 13.8. The van der Waals surface area contributed by atoms with Crippen molar-refractivity contribution >= 4 is 29.8 Å². The molecule has 2 N–H and O–H groups in total. The third-order valence-corrected chi connectivity index (χ3v) is 9.38. The Morgan fingerprint density at radius 3 is 1.30 bits per heavy atom. The van der Waals surface area contributed by atoms with E-state index in [1.807, 2.05) is 0 Å². The summed E-state index contributed by atoms with van der Waals surface area (Å²) in [7, 11) is 0. The van der Waals surface area contributed by atoms with Gasteiger partial charge < -0.3 is 54.6 Å². The van der Waals surface area contributed by atoms with E-state index < -0.39 is 61.6 Å². The Balaban J connectivity index is 0.00000756.